The third-order valence-corrected chi connectivity index (χ3v) is 5.18. The van der Waals surface area contributed by atoms with Crippen molar-refractivity contribution in [1.29, 1.82) is 0 Å². The second-order valence-corrected chi connectivity index (χ2v) is 7.50. The predicted molar refractivity (Wildman–Crippen MR) is 119 cm³/mol. The summed E-state index contributed by atoms with van der Waals surface area (Å²) in [6.45, 7) is -0.336. The van der Waals surface area contributed by atoms with E-state index >= 15 is 0 Å². The lowest BCUT2D eigenvalue weighted by Crippen LogP contribution is -2.42. The van der Waals surface area contributed by atoms with Gasteiger partial charge in [0.05, 0.1) is 16.7 Å². The van der Waals surface area contributed by atoms with E-state index in [1.165, 1.54) is 0 Å². The maximum absolute atomic E-state index is 12.7. The van der Waals surface area contributed by atoms with Crippen molar-refractivity contribution in [3.63, 3.8) is 0 Å². The second-order valence-electron chi connectivity index (χ2n) is 7.50. The van der Waals surface area contributed by atoms with E-state index in [0.29, 0.717) is 5.56 Å². The minimum Gasteiger partial charge on any atom is -0.459 e. The molecule has 34 heavy (non-hydrogen) atoms. The molecule has 8 nitrogen and oxygen atoms in total. The first-order chi connectivity index (χ1) is 16.5. The first-order valence-corrected chi connectivity index (χ1v) is 10.6. The maximum Gasteiger partial charge on any atom is 0.338 e. The summed E-state index contributed by atoms with van der Waals surface area (Å²) >= 11 is 0. The van der Waals surface area contributed by atoms with Crippen molar-refractivity contribution in [2.75, 3.05) is 6.61 Å². The second kappa shape index (κ2) is 10.7. The molecule has 0 bridgehead atoms. The van der Waals surface area contributed by atoms with Crippen LogP contribution in [-0.4, -0.2) is 54.2 Å². The first-order valence-electron chi connectivity index (χ1n) is 10.6. The molecule has 174 valence electrons. The quantitative estimate of drug-likeness (QED) is 0.422. The Labute approximate surface area is 195 Å². The smallest absolute Gasteiger partial charge is 0.338 e. The maximum atomic E-state index is 12.7. The zero-order valence-corrected chi connectivity index (χ0v) is 18.0. The largest absolute Gasteiger partial charge is 0.459 e. The number of esters is 3. The van der Waals surface area contributed by atoms with Crippen LogP contribution in [0.1, 0.15) is 31.1 Å². The molecule has 1 saturated heterocycles. The van der Waals surface area contributed by atoms with Crippen LogP contribution in [0.3, 0.4) is 0 Å². The number of ether oxygens (including phenoxy) is 4. The fourth-order valence-corrected chi connectivity index (χ4v) is 3.46. The van der Waals surface area contributed by atoms with Crippen molar-refractivity contribution >= 4 is 17.9 Å². The minimum absolute atomic E-state index is 0.252. The summed E-state index contributed by atoms with van der Waals surface area (Å²) < 4.78 is 21.8. The van der Waals surface area contributed by atoms with E-state index in [9.17, 15) is 19.5 Å². The van der Waals surface area contributed by atoms with Gasteiger partial charge in [-0.15, -0.1) is 0 Å². The van der Waals surface area contributed by atoms with Crippen LogP contribution in [0.2, 0.25) is 0 Å². The zero-order chi connectivity index (χ0) is 23.9. The van der Waals surface area contributed by atoms with Gasteiger partial charge in [0.2, 0.25) is 0 Å². The number of carbonyl (C=O) groups excluding carboxylic acids is 3. The summed E-state index contributed by atoms with van der Waals surface area (Å²) in [5.74, 6) is -2.05. The molecule has 0 spiro atoms. The monoisotopic (exact) mass is 462 g/mol. The van der Waals surface area contributed by atoms with Gasteiger partial charge in [-0.1, -0.05) is 54.6 Å². The van der Waals surface area contributed by atoms with Gasteiger partial charge in [0, 0.05) is 0 Å². The van der Waals surface area contributed by atoms with Gasteiger partial charge in [-0.25, -0.2) is 14.4 Å². The SMILES string of the molecule is O=C(OC[C@H]1O[C@@H](O)C(OC(=O)c2ccccc2)[C@H]1OC(=O)c1ccccc1)c1ccccc1. The fourth-order valence-electron chi connectivity index (χ4n) is 3.46. The van der Waals surface area contributed by atoms with Crippen molar-refractivity contribution in [1.82, 2.24) is 0 Å². The van der Waals surface area contributed by atoms with Crippen molar-refractivity contribution in [3.8, 4) is 0 Å². The van der Waals surface area contributed by atoms with Gasteiger partial charge in [0.25, 0.3) is 0 Å². The van der Waals surface area contributed by atoms with Gasteiger partial charge in [0.15, 0.2) is 18.5 Å². The molecule has 1 fully saturated rings. The van der Waals surface area contributed by atoms with Crippen LogP contribution in [0.5, 0.6) is 0 Å². The molecule has 0 aliphatic carbocycles. The van der Waals surface area contributed by atoms with Crippen LogP contribution in [0.15, 0.2) is 91.0 Å². The molecule has 1 unspecified atom stereocenters. The zero-order valence-electron chi connectivity index (χ0n) is 18.0. The summed E-state index contributed by atoms with van der Waals surface area (Å²) in [5, 5.41) is 10.5. The average molecular weight is 462 g/mol. The molecule has 1 aliphatic heterocycles. The Morgan fingerprint density at radius 1 is 0.647 bits per heavy atom. The van der Waals surface area contributed by atoms with Crippen LogP contribution in [-0.2, 0) is 18.9 Å². The molecule has 1 N–H and O–H groups in total. The molecule has 4 atom stereocenters. The molecule has 0 amide bonds. The van der Waals surface area contributed by atoms with E-state index in [0.717, 1.165) is 0 Å². The molecular weight excluding hydrogens is 440 g/mol. The van der Waals surface area contributed by atoms with E-state index in [1.807, 2.05) is 0 Å². The highest BCUT2D eigenvalue weighted by molar-refractivity contribution is 5.90. The Kier molecular flexibility index (Phi) is 7.31. The van der Waals surface area contributed by atoms with Crippen LogP contribution in [0.4, 0.5) is 0 Å². The predicted octanol–water partition coefficient (Wildman–Crippen LogP) is 3.01. The summed E-state index contributed by atoms with van der Waals surface area (Å²) in [6, 6.07) is 24.7. The number of benzene rings is 3. The highest BCUT2D eigenvalue weighted by Crippen LogP contribution is 2.28. The van der Waals surface area contributed by atoms with Crippen LogP contribution in [0, 0.1) is 0 Å². The Morgan fingerprint density at radius 2 is 1.06 bits per heavy atom. The third-order valence-electron chi connectivity index (χ3n) is 5.18. The minimum atomic E-state index is -1.60. The van der Waals surface area contributed by atoms with Gasteiger partial charge < -0.3 is 24.1 Å². The number of carbonyl (C=O) groups is 3. The number of rotatable bonds is 7. The van der Waals surface area contributed by atoms with Crippen molar-refractivity contribution in [2.45, 2.75) is 24.6 Å². The van der Waals surface area contributed by atoms with E-state index in [2.05, 4.69) is 0 Å². The van der Waals surface area contributed by atoms with Gasteiger partial charge in [-0.05, 0) is 36.4 Å². The molecular formula is C26H22O8. The molecule has 4 rings (SSSR count). The van der Waals surface area contributed by atoms with Crippen molar-refractivity contribution in [3.05, 3.63) is 108 Å². The first kappa shape index (κ1) is 23.2. The Hall–Kier alpha value is -4.01. The lowest BCUT2D eigenvalue weighted by atomic mass is 10.1. The molecule has 1 heterocycles. The number of hydrogen-bond donors (Lipinski definition) is 1. The van der Waals surface area contributed by atoms with E-state index in [1.54, 1.807) is 91.0 Å². The summed E-state index contributed by atoms with van der Waals surface area (Å²) in [7, 11) is 0. The molecule has 3 aromatic carbocycles. The number of hydrogen-bond acceptors (Lipinski definition) is 8. The van der Waals surface area contributed by atoms with Crippen LogP contribution < -0.4 is 0 Å². The number of aliphatic hydroxyl groups excluding tert-OH is 1. The van der Waals surface area contributed by atoms with Gasteiger partial charge in [0.1, 0.15) is 12.7 Å². The van der Waals surface area contributed by atoms with Crippen LogP contribution >= 0.6 is 0 Å². The molecule has 8 heteroatoms. The topological polar surface area (TPSA) is 108 Å². The fraction of sp³-hybridized carbons (Fsp3) is 0.192. The molecule has 3 aromatic rings. The highest BCUT2D eigenvalue weighted by atomic mass is 16.7. The Morgan fingerprint density at radius 3 is 1.53 bits per heavy atom. The van der Waals surface area contributed by atoms with Gasteiger partial charge >= 0.3 is 17.9 Å². The third kappa shape index (κ3) is 5.48. The highest BCUT2D eigenvalue weighted by Gasteiger charge is 2.50. The van der Waals surface area contributed by atoms with E-state index < -0.39 is 42.5 Å². The van der Waals surface area contributed by atoms with Crippen molar-refractivity contribution < 1.29 is 38.4 Å². The standard InChI is InChI=1S/C26H22O8/c27-23(17-10-4-1-5-11-17)31-16-20-21(33-24(28)18-12-6-2-7-13-18)22(26(30)32-20)34-25(29)19-14-8-3-9-15-19/h1-15,20-22,26,30H,16H2/t20-,21+,22?,26-/m1/s1. The normalized spacial score (nSPS) is 21.4. The Bertz CT molecular complexity index is 1120. The summed E-state index contributed by atoms with van der Waals surface area (Å²) in [4.78, 5) is 37.6. The van der Waals surface area contributed by atoms with Crippen LogP contribution in [0.25, 0.3) is 0 Å². The van der Waals surface area contributed by atoms with Crippen molar-refractivity contribution in [2.24, 2.45) is 0 Å². The lowest BCUT2D eigenvalue weighted by molar-refractivity contribution is -0.135. The molecule has 0 aromatic heterocycles. The Balaban J connectivity index is 1.51. The van der Waals surface area contributed by atoms with E-state index in [4.69, 9.17) is 18.9 Å². The molecule has 0 radical (unpaired) electrons. The van der Waals surface area contributed by atoms with Gasteiger partial charge in [-0.2, -0.15) is 0 Å². The number of aliphatic hydroxyl groups is 1. The summed E-state index contributed by atoms with van der Waals surface area (Å²) in [6.07, 6.45) is -5.22. The van der Waals surface area contributed by atoms with Gasteiger partial charge in [-0.3, -0.25) is 0 Å². The lowest BCUT2D eigenvalue weighted by Gasteiger charge is -2.23. The molecule has 0 saturated carbocycles. The average Bonchev–Trinajstić information content (AvgIpc) is 3.17. The summed E-state index contributed by atoms with van der Waals surface area (Å²) in [5.41, 5.74) is 0.838. The van der Waals surface area contributed by atoms with E-state index in [-0.39, 0.29) is 17.7 Å². The molecule has 1 aliphatic rings.